The second-order valence-corrected chi connectivity index (χ2v) is 9.74. The van der Waals surface area contributed by atoms with Crippen molar-refractivity contribution in [1.82, 2.24) is 18.9 Å². The molecule has 32 heavy (non-hydrogen) atoms. The third-order valence-corrected chi connectivity index (χ3v) is 7.55. The number of hydrogen-bond acceptors (Lipinski definition) is 7. The SMILES string of the molecule is C=CS(=O)(=O)N1CCN(c2ccn3ncc(-c4ccc(N5CCOCC5)cc4)c3n2)CC1. The lowest BCUT2D eigenvalue weighted by molar-refractivity contribution is 0.122. The summed E-state index contributed by atoms with van der Waals surface area (Å²) in [6.45, 7) is 8.72. The molecule has 0 amide bonds. The average Bonchev–Trinajstić information content (AvgIpc) is 3.28. The van der Waals surface area contributed by atoms with Crippen molar-refractivity contribution in [2.75, 3.05) is 62.3 Å². The Hall–Kier alpha value is -2.95. The van der Waals surface area contributed by atoms with E-state index in [1.807, 2.05) is 18.5 Å². The van der Waals surface area contributed by atoms with Crippen molar-refractivity contribution in [3.05, 3.63) is 54.7 Å². The molecule has 2 fully saturated rings. The van der Waals surface area contributed by atoms with E-state index in [0.717, 1.165) is 54.3 Å². The lowest BCUT2D eigenvalue weighted by Gasteiger charge is -2.34. The van der Waals surface area contributed by atoms with Crippen LogP contribution in [0.5, 0.6) is 0 Å². The minimum absolute atomic E-state index is 0.413. The largest absolute Gasteiger partial charge is 0.378 e. The van der Waals surface area contributed by atoms with Crippen molar-refractivity contribution in [3.8, 4) is 11.1 Å². The summed E-state index contributed by atoms with van der Waals surface area (Å²) in [6, 6.07) is 10.4. The molecular formula is C22H26N6O3S. The maximum atomic E-state index is 12.0. The van der Waals surface area contributed by atoms with Crippen molar-refractivity contribution in [3.63, 3.8) is 0 Å². The summed E-state index contributed by atoms with van der Waals surface area (Å²) >= 11 is 0. The lowest BCUT2D eigenvalue weighted by Crippen LogP contribution is -2.48. The number of aromatic nitrogens is 3. The number of anilines is 2. The Morgan fingerprint density at radius 2 is 1.66 bits per heavy atom. The number of sulfonamides is 1. The normalized spacial score (nSPS) is 18.2. The number of benzene rings is 1. The van der Waals surface area contributed by atoms with Crippen LogP contribution in [-0.2, 0) is 14.8 Å². The number of nitrogens with zero attached hydrogens (tertiary/aromatic N) is 6. The van der Waals surface area contributed by atoms with Gasteiger partial charge in [-0.25, -0.2) is 17.9 Å². The van der Waals surface area contributed by atoms with Gasteiger partial charge < -0.3 is 14.5 Å². The predicted molar refractivity (Wildman–Crippen MR) is 124 cm³/mol. The van der Waals surface area contributed by atoms with Gasteiger partial charge in [0.05, 0.1) is 19.4 Å². The smallest absolute Gasteiger partial charge is 0.235 e. The highest BCUT2D eigenvalue weighted by Gasteiger charge is 2.25. The van der Waals surface area contributed by atoms with Gasteiger partial charge in [0.25, 0.3) is 0 Å². The summed E-state index contributed by atoms with van der Waals surface area (Å²) < 4.78 is 32.7. The summed E-state index contributed by atoms with van der Waals surface area (Å²) in [7, 11) is -3.38. The van der Waals surface area contributed by atoms with Gasteiger partial charge in [-0.15, -0.1) is 0 Å². The summed E-state index contributed by atoms with van der Waals surface area (Å²) in [4.78, 5) is 9.30. The molecule has 2 aliphatic heterocycles. The molecule has 0 N–H and O–H groups in total. The summed E-state index contributed by atoms with van der Waals surface area (Å²) in [5.41, 5.74) is 3.99. The molecule has 0 saturated carbocycles. The zero-order valence-electron chi connectivity index (χ0n) is 17.8. The van der Waals surface area contributed by atoms with Crippen molar-refractivity contribution >= 4 is 27.2 Å². The topological polar surface area (TPSA) is 83.3 Å². The van der Waals surface area contributed by atoms with Crippen LogP contribution in [0.1, 0.15) is 0 Å². The molecule has 0 bridgehead atoms. The number of hydrogen-bond donors (Lipinski definition) is 0. The van der Waals surface area contributed by atoms with Crippen molar-refractivity contribution in [2.24, 2.45) is 0 Å². The van der Waals surface area contributed by atoms with Crippen LogP contribution in [0.4, 0.5) is 11.5 Å². The first kappa shape index (κ1) is 20.9. The van der Waals surface area contributed by atoms with E-state index in [0.29, 0.717) is 26.2 Å². The third-order valence-electron chi connectivity index (χ3n) is 6.04. The zero-order valence-corrected chi connectivity index (χ0v) is 18.6. The molecule has 5 rings (SSSR count). The molecular weight excluding hydrogens is 428 g/mol. The van der Waals surface area contributed by atoms with E-state index >= 15 is 0 Å². The Labute approximate surface area is 187 Å². The molecule has 0 spiro atoms. The lowest BCUT2D eigenvalue weighted by atomic mass is 10.1. The molecule has 3 aromatic rings. The van der Waals surface area contributed by atoms with Gasteiger partial charge in [-0.05, 0) is 23.8 Å². The fourth-order valence-corrected chi connectivity index (χ4v) is 5.07. The Kier molecular flexibility index (Phi) is 5.58. The monoisotopic (exact) mass is 454 g/mol. The van der Waals surface area contributed by atoms with Gasteiger partial charge >= 0.3 is 0 Å². The van der Waals surface area contributed by atoms with E-state index in [1.54, 1.807) is 4.52 Å². The van der Waals surface area contributed by atoms with E-state index in [-0.39, 0.29) is 0 Å². The maximum absolute atomic E-state index is 12.0. The molecule has 0 atom stereocenters. The van der Waals surface area contributed by atoms with Crippen LogP contribution in [0.2, 0.25) is 0 Å². The molecule has 4 heterocycles. The molecule has 2 aromatic heterocycles. The quantitative estimate of drug-likeness (QED) is 0.582. The maximum Gasteiger partial charge on any atom is 0.235 e. The highest BCUT2D eigenvalue weighted by molar-refractivity contribution is 7.92. The molecule has 2 aliphatic rings. The van der Waals surface area contributed by atoms with Crippen molar-refractivity contribution < 1.29 is 13.2 Å². The van der Waals surface area contributed by atoms with Crippen LogP contribution >= 0.6 is 0 Å². The first-order valence-corrected chi connectivity index (χ1v) is 12.2. The molecule has 168 valence electrons. The van der Waals surface area contributed by atoms with Crippen molar-refractivity contribution in [1.29, 1.82) is 0 Å². The Morgan fingerprint density at radius 1 is 0.938 bits per heavy atom. The number of rotatable bonds is 5. The highest BCUT2D eigenvalue weighted by atomic mass is 32.2. The Bertz CT molecular complexity index is 1210. The number of fused-ring (bicyclic) bond motifs is 1. The van der Waals surface area contributed by atoms with E-state index in [2.05, 4.69) is 45.7 Å². The molecule has 1 aromatic carbocycles. The fourth-order valence-electron chi connectivity index (χ4n) is 4.19. The van der Waals surface area contributed by atoms with Gasteiger partial charge in [-0.2, -0.15) is 9.40 Å². The molecule has 2 saturated heterocycles. The minimum atomic E-state index is -3.38. The number of morpholine rings is 1. The summed E-state index contributed by atoms with van der Waals surface area (Å²) in [5, 5.41) is 5.47. The van der Waals surface area contributed by atoms with Crippen LogP contribution in [0.15, 0.2) is 54.7 Å². The van der Waals surface area contributed by atoms with Gasteiger partial charge in [0.1, 0.15) is 5.82 Å². The average molecular weight is 455 g/mol. The first-order chi connectivity index (χ1) is 15.5. The van der Waals surface area contributed by atoms with Gasteiger partial charge in [0.2, 0.25) is 10.0 Å². The molecule has 9 nitrogen and oxygen atoms in total. The van der Waals surface area contributed by atoms with E-state index in [9.17, 15) is 8.42 Å². The molecule has 0 radical (unpaired) electrons. The highest BCUT2D eigenvalue weighted by Crippen LogP contribution is 2.28. The van der Waals surface area contributed by atoms with Gasteiger partial charge in [0.15, 0.2) is 5.65 Å². The number of piperazine rings is 1. The fraction of sp³-hybridized carbons (Fsp3) is 0.364. The van der Waals surface area contributed by atoms with Gasteiger partial charge in [-0.3, -0.25) is 0 Å². The third kappa shape index (κ3) is 3.96. The minimum Gasteiger partial charge on any atom is -0.378 e. The molecule has 10 heteroatoms. The first-order valence-electron chi connectivity index (χ1n) is 10.7. The van der Waals surface area contributed by atoms with E-state index in [1.165, 1.54) is 9.99 Å². The second kappa shape index (κ2) is 8.53. The molecule has 0 unspecified atom stereocenters. The van der Waals surface area contributed by atoms with Crippen LogP contribution in [0, 0.1) is 0 Å². The van der Waals surface area contributed by atoms with Crippen LogP contribution in [0.25, 0.3) is 16.8 Å². The van der Waals surface area contributed by atoms with Gasteiger partial charge in [-0.1, -0.05) is 18.7 Å². The van der Waals surface area contributed by atoms with Crippen LogP contribution in [-0.4, -0.2) is 79.8 Å². The number of ether oxygens (including phenoxy) is 1. The van der Waals surface area contributed by atoms with E-state index < -0.39 is 10.0 Å². The van der Waals surface area contributed by atoms with Crippen molar-refractivity contribution in [2.45, 2.75) is 0 Å². The summed E-state index contributed by atoms with van der Waals surface area (Å²) in [6.07, 6.45) is 3.74. The standard InChI is InChI=1S/C22H26N6O3S/c1-2-32(29,30)27-11-9-26(10-12-27)21-7-8-28-22(24-21)20(17-23-28)18-3-5-19(6-4-18)25-13-15-31-16-14-25/h2-8,17H,1,9-16H2. The second-order valence-electron chi connectivity index (χ2n) is 7.86. The van der Waals surface area contributed by atoms with Gasteiger partial charge in [0, 0.05) is 62.1 Å². The van der Waals surface area contributed by atoms with E-state index in [4.69, 9.17) is 9.72 Å². The zero-order chi connectivity index (χ0) is 22.1. The Morgan fingerprint density at radius 3 is 2.34 bits per heavy atom. The molecule has 0 aliphatic carbocycles. The predicted octanol–water partition coefficient (Wildman–Crippen LogP) is 1.83. The van der Waals surface area contributed by atoms with Crippen LogP contribution in [0.3, 0.4) is 0 Å². The Balaban J connectivity index is 1.37. The summed E-state index contributed by atoms with van der Waals surface area (Å²) in [5.74, 6) is 0.819. The van der Waals surface area contributed by atoms with Crippen LogP contribution < -0.4 is 9.80 Å².